The molecule has 0 aliphatic carbocycles. The number of hydrogen-bond donors (Lipinski definition) is 1. The second kappa shape index (κ2) is 2.07. The SMILES string of the molecule is CC1SC(C)(O)C(=O)C1=O. The number of carbonyl (C=O) groups is 2. The van der Waals surface area contributed by atoms with Crippen molar-refractivity contribution in [1.29, 1.82) is 0 Å². The smallest absolute Gasteiger partial charge is 0.241 e. The Labute approximate surface area is 62.8 Å². The number of hydrogen-bond acceptors (Lipinski definition) is 4. The molecule has 2 atom stereocenters. The van der Waals surface area contributed by atoms with Crippen molar-refractivity contribution >= 4 is 23.3 Å². The fourth-order valence-electron chi connectivity index (χ4n) is 0.864. The lowest BCUT2D eigenvalue weighted by Gasteiger charge is -2.09. The lowest BCUT2D eigenvalue weighted by atomic mass is 10.1. The summed E-state index contributed by atoms with van der Waals surface area (Å²) in [5.41, 5.74) is 0. The molecule has 4 heteroatoms. The lowest BCUT2D eigenvalue weighted by Crippen LogP contribution is -2.29. The van der Waals surface area contributed by atoms with Gasteiger partial charge in [-0.3, -0.25) is 9.59 Å². The molecule has 0 aromatic heterocycles. The Bertz CT molecular complexity index is 197. The quantitative estimate of drug-likeness (QED) is 0.505. The summed E-state index contributed by atoms with van der Waals surface area (Å²) < 4.78 is 0. The summed E-state index contributed by atoms with van der Waals surface area (Å²) in [6.45, 7) is 2.97. The molecule has 10 heavy (non-hydrogen) atoms. The highest BCUT2D eigenvalue weighted by Gasteiger charge is 2.47. The second-order valence-electron chi connectivity index (χ2n) is 2.44. The van der Waals surface area contributed by atoms with Crippen LogP contribution in [0.1, 0.15) is 13.8 Å². The van der Waals surface area contributed by atoms with E-state index in [0.29, 0.717) is 0 Å². The minimum atomic E-state index is -1.48. The standard InChI is InChI=1S/C6H8O3S/c1-3-4(7)5(8)6(2,9)10-3/h3,9H,1-2H3. The van der Waals surface area contributed by atoms with Crippen LogP contribution >= 0.6 is 11.8 Å². The molecular formula is C6H8O3S. The Morgan fingerprint density at radius 2 is 2.10 bits per heavy atom. The van der Waals surface area contributed by atoms with Gasteiger partial charge in [0.2, 0.25) is 11.6 Å². The summed E-state index contributed by atoms with van der Waals surface area (Å²) in [5.74, 6) is -1.15. The molecule has 56 valence electrons. The van der Waals surface area contributed by atoms with Crippen LogP contribution in [0.25, 0.3) is 0 Å². The monoisotopic (exact) mass is 160 g/mol. The predicted octanol–water partition coefficient (Wildman–Crippen LogP) is -0.0316. The molecule has 0 radical (unpaired) electrons. The molecule has 0 aromatic carbocycles. The van der Waals surface area contributed by atoms with Gasteiger partial charge < -0.3 is 5.11 Å². The van der Waals surface area contributed by atoms with Gasteiger partial charge >= 0.3 is 0 Å². The van der Waals surface area contributed by atoms with E-state index in [1.54, 1.807) is 6.92 Å². The second-order valence-corrected chi connectivity index (χ2v) is 4.17. The highest BCUT2D eigenvalue weighted by molar-refractivity contribution is 8.03. The third kappa shape index (κ3) is 0.973. The average Bonchev–Trinajstić information content (AvgIpc) is 1.95. The van der Waals surface area contributed by atoms with Crippen LogP contribution in [0.15, 0.2) is 0 Å². The molecule has 1 N–H and O–H groups in total. The molecule has 0 spiro atoms. The van der Waals surface area contributed by atoms with Gasteiger partial charge in [-0.1, -0.05) is 0 Å². The first kappa shape index (κ1) is 7.75. The van der Waals surface area contributed by atoms with E-state index < -0.39 is 16.5 Å². The van der Waals surface area contributed by atoms with Crippen LogP contribution in [0.4, 0.5) is 0 Å². The van der Waals surface area contributed by atoms with Gasteiger partial charge in [-0.2, -0.15) is 0 Å². The van der Waals surface area contributed by atoms with Gasteiger partial charge in [-0.05, 0) is 13.8 Å². The minimum absolute atomic E-state index is 0.387. The molecule has 0 amide bonds. The zero-order valence-electron chi connectivity index (χ0n) is 5.75. The van der Waals surface area contributed by atoms with Crippen molar-refractivity contribution in [3.05, 3.63) is 0 Å². The average molecular weight is 160 g/mol. The summed E-state index contributed by atoms with van der Waals surface area (Å²) in [5, 5.41) is 8.81. The Kier molecular flexibility index (Phi) is 1.60. The minimum Gasteiger partial charge on any atom is -0.372 e. The number of Topliss-reactive ketones (excluding diaryl/α,β-unsaturated/α-hetero) is 2. The zero-order chi connectivity index (χ0) is 7.94. The van der Waals surface area contributed by atoms with E-state index in [1.165, 1.54) is 6.92 Å². The van der Waals surface area contributed by atoms with Gasteiger partial charge in [0.05, 0.1) is 5.25 Å². The molecule has 0 saturated carbocycles. The molecule has 1 rings (SSSR count). The van der Waals surface area contributed by atoms with Crippen molar-refractivity contribution in [3.63, 3.8) is 0 Å². The van der Waals surface area contributed by atoms with E-state index in [2.05, 4.69) is 0 Å². The molecule has 0 bridgehead atoms. The van der Waals surface area contributed by atoms with Gasteiger partial charge in [-0.15, -0.1) is 11.8 Å². The van der Waals surface area contributed by atoms with E-state index in [0.717, 1.165) is 11.8 Å². The van der Waals surface area contributed by atoms with Crippen LogP contribution in [-0.2, 0) is 9.59 Å². The first-order valence-corrected chi connectivity index (χ1v) is 3.82. The van der Waals surface area contributed by atoms with Crippen molar-refractivity contribution in [3.8, 4) is 0 Å². The Balaban J connectivity index is 2.92. The van der Waals surface area contributed by atoms with Crippen molar-refractivity contribution in [2.45, 2.75) is 24.0 Å². The fraction of sp³-hybridized carbons (Fsp3) is 0.667. The normalized spacial score (nSPS) is 40.9. The summed E-state index contributed by atoms with van der Waals surface area (Å²) in [7, 11) is 0. The van der Waals surface area contributed by atoms with Crippen LogP contribution in [0, 0.1) is 0 Å². The molecule has 0 aromatic rings. The highest BCUT2D eigenvalue weighted by Crippen LogP contribution is 2.35. The van der Waals surface area contributed by atoms with Crippen molar-refractivity contribution in [1.82, 2.24) is 0 Å². The molecule has 1 aliphatic rings. The third-order valence-corrected chi connectivity index (χ3v) is 2.63. The number of thioether (sulfide) groups is 1. The molecule has 2 unspecified atom stereocenters. The van der Waals surface area contributed by atoms with Gasteiger partial charge in [0.15, 0.2) is 4.93 Å². The number of rotatable bonds is 0. The maximum Gasteiger partial charge on any atom is 0.241 e. The maximum atomic E-state index is 10.8. The van der Waals surface area contributed by atoms with Gasteiger partial charge in [0.1, 0.15) is 0 Å². The Hall–Kier alpha value is -0.350. The van der Waals surface area contributed by atoms with Crippen molar-refractivity contribution in [2.24, 2.45) is 0 Å². The van der Waals surface area contributed by atoms with Crippen LogP contribution in [-0.4, -0.2) is 26.9 Å². The first-order chi connectivity index (χ1) is 4.45. The molecular weight excluding hydrogens is 152 g/mol. The molecule has 1 aliphatic heterocycles. The predicted molar refractivity (Wildman–Crippen MR) is 37.7 cm³/mol. The Morgan fingerprint density at radius 3 is 2.20 bits per heavy atom. The van der Waals surface area contributed by atoms with Crippen molar-refractivity contribution in [2.75, 3.05) is 0 Å². The first-order valence-electron chi connectivity index (χ1n) is 2.94. The molecule has 1 saturated heterocycles. The molecule has 1 fully saturated rings. The molecule has 3 nitrogen and oxygen atoms in total. The van der Waals surface area contributed by atoms with Gasteiger partial charge in [0, 0.05) is 0 Å². The maximum absolute atomic E-state index is 10.8. The van der Waals surface area contributed by atoms with E-state index in [9.17, 15) is 14.7 Å². The van der Waals surface area contributed by atoms with Gasteiger partial charge in [0.25, 0.3) is 0 Å². The molecule has 1 heterocycles. The van der Waals surface area contributed by atoms with E-state index >= 15 is 0 Å². The lowest BCUT2D eigenvalue weighted by molar-refractivity contribution is -0.140. The fourth-order valence-corrected chi connectivity index (χ4v) is 1.97. The van der Waals surface area contributed by atoms with Crippen LogP contribution < -0.4 is 0 Å². The van der Waals surface area contributed by atoms with Crippen molar-refractivity contribution < 1.29 is 14.7 Å². The zero-order valence-corrected chi connectivity index (χ0v) is 6.57. The Morgan fingerprint density at radius 1 is 1.60 bits per heavy atom. The van der Waals surface area contributed by atoms with E-state index in [-0.39, 0.29) is 5.25 Å². The van der Waals surface area contributed by atoms with Gasteiger partial charge in [-0.25, -0.2) is 0 Å². The van der Waals surface area contributed by atoms with E-state index in [4.69, 9.17) is 0 Å². The summed E-state index contributed by atoms with van der Waals surface area (Å²) in [6, 6.07) is 0. The highest BCUT2D eigenvalue weighted by atomic mass is 32.2. The largest absolute Gasteiger partial charge is 0.372 e. The summed E-state index contributed by atoms with van der Waals surface area (Å²) >= 11 is 0.995. The summed E-state index contributed by atoms with van der Waals surface area (Å²) in [6.07, 6.45) is 0. The number of ketones is 2. The third-order valence-electron chi connectivity index (χ3n) is 1.42. The van der Waals surface area contributed by atoms with Crippen LogP contribution in [0.5, 0.6) is 0 Å². The van der Waals surface area contributed by atoms with Crippen LogP contribution in [0.2, 0.25) is 0 Å². The number of aliphatic hydroxyl groups is 1. The number of carbonyl (C=O) groups excluding carboxylic acids is 2. The van der Waals surface area contributed by atoms with Crippen LogP contribution in [0.3, 0.4) is 0 Å². The summed E-state index contributed by atoms with van der Waals surface area (Å²) in [4.78, 5) is 20.1. The topological polar surface area (TPSA) is 54.4 Å². The van der Waals surface area contributed by atoms with E-state index in [1.807, 2.05) is 0 Å².